The number of fused-ring (bicyclic) bond motifs is 1. The van der Waals surface area contributed by atoms with Crippen molar-refractivity contribution in [2.45, 2.75) is 25.4 Å². The standard InChI is InChI=1S/C15H11BrF3NO/c16-10-6-9(15(17,18)19)7-11(8-10)20-5-4-12-13(20)2-1-3-14(12)21/h4-8H,1-3H2. The van der Waals surface area contributed by atoms with Crippen LogP contribution in [0.4, 0.5) is 13.2 Å². The van der Waals surface area contributed by atoms with Crippen molar-refractivity contribution in [1.82, 2.24) is 4.57 Å². The number of carbonyl (C=O) groups is 1. The fourth-order valence-corrected chi connectivity index (χ4v) is 3.13. The van der Waals surface area contributed by atoms with Gasteiger partial charge in [0.15, 0.2) is 5.78 Å². The summed E-state index contributed by atoms with van der Waals surface area (Å²) >= 11 is 3.12. The van der Waals surface area contributed by atoms with Crippen molar-refractivity contribution < 1.29 is 18.0 Å². The number of rotatable bonds is 1. The lowest BCUT2D eigenvalue weighted by Gasteiger charge is -2.16. The van der Waals surface area contributed by atoms with Crippen LogP contribution in [0.3, 0.4) is 0 Å². The van der Waals surface area contributed by atoms with E-state index in [-0.39, 0.29) is 5.78 Å². The highest BCUT2D eigenvalue weighted by molar-refractivity contribution is 9.10. The number of alkyl halides is 3. The zero-order chi connectivity index (χ0) is 15.2. The molecular formula is C15H11BrF3NO. The van der Waals surface area contributed by atoms with Gasteiger partial charge in [-0.2, -0.15) is 13.2 Å². The molecule has 6 heteroatoms. The summed E-state index contributed by atoms with van der Waals surface area (Å²) in [6, 6.07) is 5.45. The van der Waals surface area contributed by atoms with E-state index in [0.29, 0.717) is 28.6 Å². The molecule has 0 radical (unpaired) electrons. The van der Waals surface area contributed by atoms with Crippen molar-refractivity contribution in [2.24, 2.45) is 0 Å². The molecule has 2 nitrogen and oxygen atoms in total. The van der Waals surface area contributed by atoms with Crippen molar-refractivity contribution >= 4 is 21.7 Å². The molecule has 0 saturated carbocycles. The number of hydrogen-bond acceptors (Lipinski definition) is 1. The number of nitrogens with zero attached hydrogens (tertiary/aromatic N) is 1. The van der Waals surface area contributed by atoms with Crippen LogP contribution in [0.1, 0.15) is 34.5 Å². The topological polar surface area (TPSA) is 22.0 Å². The van der Waals surface area contributed by atoms with E-state index in [1.165, 1.54) is 0 Å². The third-order valence-corrected chi connectivity index (χ3v) is 4.06. The Hall–Kier alpha value is -1.56. The van der Waals surface area contributed by atoms with Gasteiger partial charge >= 0.3 is 6.18 Å². The van der Waals surface area contributed by atoms with Gasteiger partial charge in [-0.3, -0.25) is 4.79 Å². The van der Waals surface area contributed by atoms with Gasteiger partial charge in [-0.15, -0.1) is 0 Å². The highest BCUT2D eigenvalue weighted by Gasteiger charge is 2.31. The average Bonchev–Trinajstić information content (AvgIpc) is 2.82. The van der Waals surface area contributed by atoms with Crippen molar-refractivity contribution in [3.63, 3.8) is 0 Å². The molecule has 2 aromatic rings. The minimum Gasteiger partial charge on any atom is -0.320 e. The van der Waals surface area contributed by atoms with Gasteiger partial charge in [0, 0.05) is 34.0 Å². The summed E-state index contributed by atoms with van der Waals surface area (Å²) in [5.74, 6) is 0.0565. The Balaban J connectivity index is 2.14. The van der Waals surface area contributed by atoms with Crippen LogP contribution in [0, 0.1) is 0 Å². The first-order chi connectivity index (χ1) is 9.86. The molecule has 0 bridgehead atoms. The molecule has 1 aliphatic carbocycles. The Kier molecular flexibility index (Phi) is 3.43. The van der Waals surface area contributed by atoms with E-state index in [0.717, 1.165) is 24.2 Å². The summed E-state index contributed by atoms with van der Waals surface area (Å²) in [6.45, 7) is 0. The molecule has 0 unspecified atom stereocenters. The monoisotopic (exact) mass is 357 g/mol. The van der Waals surface area contributed by atoms with E-state index in [2.05, 4.69) is 15.9 Å². The molecule has 3 rings (SSSR count). The Morgan fingerprint density at radius 2 is 1.90 bits per heavy atom. The lowest BCUT2D eigenvalue weighted by Crippen LogP contribution is -2.13. The van der Waals surface area contributed by atoms with Crippen molar-refractivity contribution in [1.29, 1.82) is 0 Å². The highest BCUT2D eigenvalue weighted by atomic mass is 79.9. The molecule has 0 spiro atoms. The van der Waals surface area contributed by atoms with Crippen LogP contribution >= 0.6 is 15.9 Å². The summed E-state index contributed by atoms with van der Waals surface area (Å²) in [5.41, 5.74) is 1.11. The van der Waals surface area contributed by atoms with E-state index in [9.17, 15) is 18.0 Å². The molecule has 0 saturated heterocycles. The maximum absolute atomic E-state index is 12.9. The lowest BCUT2D eigenvalue weighted by atomic mass is 9.96. The van der Waals surface area contributed by atoms with E-state index in [1.54, 1.807) is 22.9 Å². The number of aromatic nitrogens is 1. The molecule has 0 atom stereocenters. The number of ketones is 1. The molecule has 0 aliphatic heterocycles. The average molecular weight is 358 g/mol. The van der Waals surface area contributed by atoms with Gasteiger partial charge in [0.25, 0.3) is 0 Å². The zero-order valence-electron chi connectivity index (χ0n) is 10.9. The number of halogens is 4. The molecule has 0 amide bonds. The van der Waals surface area contributed by atoms with Crippen LogP contribution in [0.2, 0.25) is 0 Å². The fourth-order valence-electron chi connectivity index (χ4n) is 2.64. The number of benzene rings is 1. The maximum atomic E-state index is 12.9. The Bertz CT molecular complexity index is 718. The molecule has 0 fully saturated rings. The Morgan fingerprint density at radius 1 is 1.14 bits per heavy atom. The second-order valence-electron chi connectivity index (χ2n) is 5.02. The van der Waals surface area contributed by atoms with Gasteiger partial charge in [0.2, 0.25) is 0 Å². The maximum Gasteiger partial charge on any atom is 0.416 e. The van der Waals surface area contributed by atoms with Crippen LogP contribution in [0.15, 0.2) is 34.9 Å². The van der Waals surface area contributed by atoms with Crippen LogP contribution < -0.4 is 0 Å². The van der Waals surface area contributed by atoms with Crippen LogP contribution in [-0.4, -0.2) is 10.4 Å². The largest absolute Gasteiger partial charge is 0.416 e. The molecule has 1 aromatic carbocycles. The molecule has 21 heavy (non-hydrogen) atoms. The molecule has 1 heterocycles. The highest BCUT2D eigenvalue weighted by Crippen LogP contribution is 2.34. The van der Waals surface area contributed by atoms with Crippen molar-refractivity contribution in [3.05, 3.63) is 51.8 Å². The molecule has 110 valence electrons. The van der Waals surface area contributed by atoms with Gasteiger partial charge < -0.3 is 4.57 Å². The second kappa shape index (κ2) is 5.02. The van der Waals surface area contributed by atoms with Gasteiger partial charge in [-0.25, -0.2) is 0 Å². The molecule has 1 aromatic heterocycles. The Labute approximate surface area is 127 Å². The first-order valence-electron chi connectivity index (χ1n) is 6.48. The normalized spacial score (nSPS) is 15.1. The van der Waals surface area contributed by atoms with E-state index < -0.39 is 11.7 Å². The molecule has 1 aliphatic rings. The summed E-state index contributed by atoms with van der Waals surface area (Å²) in [6.07, 6.45) is -0.807. The Morgan fingerprint density at radius 3 is 2.62 bits per heavy atom. The van der Waals surface area contributed by atoms with Crippen molar-refractivity contribution in [3.8, 4) is 5.69 Å². The predicted molar refractivity (Wildman–Crippen MR) is 75.7 cm³/mol. The van der Waals surface area contributed by atoms with E-state index >= 15 is 0 Å². The third kappa shape index (κ3) is 2.64. The van der Waals surface area contributed by atoms with Gasteiger partial charge in [-0.1, -0.05) is 15.9 Å². The summed E-state index contributed by atoms with van der Waals surface area (Å²) in [7, 11) is 0. The SMILES string of the molecule is O=C1CCCc2c1ccn2-c1cc(Br)cc(C(F)(F)F)c1. The molecular weight excluding hydrogens is 347 g/mol. The number of Topliss-reactive ketones (excluding diaryl/α,β-unsaturated/α-hetero) is 1. The smallest absolute Gasteiger partial charge is 0.320 e. The van der Waals surface area contributed by atoms with Crippen molar-refractivity contribution in [2.75, 3.05) is 0 Å². The van der Waals surface area contributed by atoms with Gasteiger partial charge in [0.05, 0.1) is 5.56 Å². The predicted octanol–water partition coefficient (Wildman–Crippen LogP) is 4.78. The lowest BCUT2D eigenvalue weighted by molar-refractivity contribution is -0.137. The summed E-state index contributed by atoms with van der Waals surface area (Å²) < 4.78 is 40.8. The minimum atomic E-state index is -4.40. The number of hydrogen-bond donors (Lipinski definition) is 0. The zero-order valence-corrected chi connectivity index (χ0v) is 12.5. The fraction of sp³-hybridized carbons (Fsp3) is 0.267. The van der Waals surface area contributed by atoms with Gasteiger partial charge in [0.1, 0.15) is 0 Å². The third-order valence-electron chi connectivity index (χ3n) is 3.60. The van der Waals surface area contributed by atoms with E-state index in [4.69, 9.17) is 0 Å². The molecule has 0 N–H and O–H groups in total. The first-order valence-corrected chi connectivity index (χ1v) is 7.27. The summed E-state index contributed by atoms with van der Waals surface area (Å²) in [4.78, 5) is 11.8. The van der Waals surface area contributed by atoms with Gasteiger partial charge in [-0.05, 0) is 37.1 Å². The van der Waals surface area contributed by atoms with Crippen LogP contribution in [0.5, 0.6) is 0 Å². The summed E-state index contributed by atoms with van der Waals surface area (Å²) in [5, 5.41) is 0. The quantitative estimate of drug-likeness (QED) is 0.719. The second-order valence-corrected chi connectivity index (χ2v) is 5.93. The first kappa shape index (κ1) is 14.4. The van der Waals surface area contributed by atoms with Crippen LogP contribution in [-0.2, 0) is 12.6 Å². The van der Waals surface area contributed by atoms with E-state index in [1.807, 2.05) is 0 Å². The minimum absolute atomic E-state index is 0.0565. The number of carbonyl (C=O) groups excluding carboxylic acids is 1. The van der Waals surface area contributed by atoms with Crippen LogP contribution in [0.25, 0.3) is 5.69 Å².